The first-order valence-corrected chi connectivity index (χ1v) is 9.67. The van der Waals surface area contributed by atoms with E-state index in [4.69, 9.17) is 21.1 Å². The number of benzene rings is 1. The van der Waals surface area contributed by atoms with E-state index in [1.54, 1.807) is 0 Å². The summed E-state index contributed by atoms with van der Waals surface area (Å²) in [4.78, 5) is 21.7. The molecule has 144 valence electrons. The van der Waals surface area contributed by atoms with E-state index in [0.717, 1.165) is 31.2 Å². The third-order valence-electron chi connectivity index (χ3n) is 4.82. The van der Waals surface area contributed by atoms with Crippen LogP contribution in [0.4, 0.5) is 5.69 Å². The molecule has 1 N–H and O–H groups in total. The maximum atomic E-state index is 13.3. The summed E-state index contributed by atoms with van der Waals surface area (Å²) in [6, 6.07) is 7.76. The van der Waals surface area contributed by atoms with Gasteiger partial charge < -0.3 is 14.8 Å². The number of amides is 1. The van der Waals surface area contributed by atoms with Gasteiger partial charge >= 0.3 is 6.01 Å². The van der Waals surface area contributed by atoms with Crippen molar-refractivity contribution in [2.45, 2.75) is 44.9 Å². The fourth-order valence-electron chi connectivity index (χ4n) is 3.52. The monoisotopic (exact) mass is 389 g/mol. The number of ether oxygens (including phenoxy) is 2. The molecule has 0 saturated heterocycles. The molecule has 1 aromatic heterocycles. The number of carbonyl (C=O) groups is 1. The van der Waals surface area contributed by atoms with Crippen molar-refractivity contribution in [1.29, 1.82) is 0 Å². The minimum absolute atomic E-state index is 0.0731. The first kappa shape index (κ1) is 19.4. The molecule has 1 saturated carbocycles. The van der Waals surface area contributed by atoms with Crippen LogP contribution in [-0.4, -0.2) is 29.1 Å². The average Bonchev–Trinajstić information content (AvgIpc) is 3.16. The summed E-state index contributed by atoms with van der Waals surface area (Å²) in [5.41, 5.74) is 0.851. The van der Waals surface area contributed by atoms with Gasteiger partial charge in [-0.3, -0.25) is 4.79 Å². The highest BCUT2D eigenvalue weighted by Gasteiger charge is 2.43. The molecule has 7 heteroatoms. The van der Waals surface area contributed by atoms with Crippen molar-refractivity contribution in [3.05, 3.63) is 41.0 Å². The lowest BCUT2D eigenvalue weighted by Gasteiger charge is -2.28. The second kappa shape index (κ2) is 8.57. The number of rotatable bonds is 7. The molecule has 27 heavy (non-hydrogen) atoms. The number of nitrogens with one attached hydrogen (secondary N) is 1. The van der Waals surface area contributed by atoms with Crippen LogP contribution in [0.2, 0.25) is 5.02 Å². The molecule has 1 heterocycles. The second-order valence-electron chi connectivity index (χ2n) is 6.49. The molecule has 1 aliphatic rings. The van der Waals surface area contributed by atoms with E-state index in [2.05, 4.69) is 15.3 Å². The van der Waals surface area contributed by atoms with Crippen molar-refractivity contribution < 1.29 is 14.3 Å². The van der Waals surface area contributed by atoms with E-state index >= 15 is 0 Å². The number of hydrogen-bond acceptors (Lipinski definition) is 5. The van der Waals surface area contributed by atoms with Crippen LogP contribution in [0.3, 0.4) is 0 Å². The Bertz CT molecular complexity index is 790. The number of anilines is 1. The molecule has 1 fully saturated rings. The lowest BCUT2D eigenvalue weighted by atomic mass is 9.78. The van der Waals surface area contributed by atoms with Gasteiger partial charge in [0, 0.05) is 5.02 Å². The Labute approximate surface area is 164 Å². The van der Waals surface area contributed by atoms with Crippen molar-refractivity contribution >= 4 is 23.2 Å². The van der Waals surface area contributed by atoms with Crippen molar-refractivity contribution in [2.24, 2.45) is 0 Å². The Morgan fingerprint density at radius 3 is 2.44 bits per heavy atom. The van der Waals surface area contributed by atoms with Crippen LogP contribution < -0.4 is 14.8 Å². The van der Waals surface area contributed by atoms with E-state index in [1.165, 1.54) is 6.20 Å². The van der Waals surface area contributed by atoms with E-state index in [0.29, 0.717) is 29.8 Å². The topological polar surface area (TPSA) is 73.3 Å². The third kappa shape index (κ3) is 4.16. The lowest BCUT2D eigenvalue weighted by Crippen LogP contribution is -2.38. The first-order chi connectivity index (χ1) is 13.1. The standard InChI is InChI=1S/C20H24ClN3O3/c1-3-26-17-16(13-22-19(24-17)27-4-2)23-18(25)20(11-5-6-12-20)14-7-9-15(21)10-8-14/h7-10,13H,3-6,11-12H2,1-2H3,(H,23,25). The minimum atomic E-state index is -0.577. The van der Waals surface area contributed by atoms with Crippen LogP contribution in [0.1, 0.15) is 45.1 Å². The molecule has 0 aliphatic heterocycles. The largest absolute Gasteiger partial charge is 0.476 e. The summed E-state index contributed by atoms with van der Waals surface area (Å²) < 4.78 is 10.9. The summed E-state index contributed by atoms with van der Waals surface area (Å²) in [5.74, 6) is 0.240. The third-order valence-corrected chi connectivity index (χ3v) is 5.07. The van der Waals surface area contributed by atoms with Gasteiger partial charge in [0.15, 0.2) is 0 Å². The Kier molecular flexibility index (Phi) is 6.16. The Balaban J connectivity index is 1.89. The highest BCUT2D eigenvalue weighted by molar-refractivity contribution is 6.30. The van der Waals surface area contributed by atoms with Gasteiger partial charge in [0.25, 0.3) is 0 Å². The maximum Gasteiger partial charge on any atom is 0.319 e. The van der Waals surface area contributed by atoms with Crippen LogP contribution in [0.15, 0.2) is 30.5 Å². The van der Waals surface area contributed by atoms with E-state index in [-0.39, 0.29) is 11.9 Å². The zero-order valence-electron chi connectivity index (χ0n) is 15.6. The van der Waals surface area contributed by atoms with Crippen molar-refractivity contribution in [2.75, 3.05) is 18.5 Å². The van der Waals surface area contributed by atoms with E-state index in [9.17, 15) is 4.79 Å². The minimum Gasteiger partial charge on any atom is -0.476 e. The smallest absolute Gasteiger partial charge is 0.319 e. The first-order valence-electron chi connectivity index (χ1n) is 9.29. The van der Waals surface area contributed by atoms with Crippen LogP contribution in [0.25, 0.3) is 0 Å². The second-order valence-corrected chi connectivity index (χ2v) is 6.92. The zero-order valence-corrected chi connectivity index (χ0v) is 16.4. The summed E-state index contributed by atoms with van der Waals surface area (Å²) in [6.45, 7) is 4.60. The molecule has 1 aromatic carbocycles. The van der Waals surface area contributed by atoms with Gasteiger partial charge in [0.05, 0.1) is 24.8 Å². The zero-order chi connectivity index (χ0) is 19.3. The Morgan fingerprint density at radius 2 is 1.81 bits per heavy atom. The van der Waals surface area contributed by atoms with Gasteiger partial charge in [-0.2, -0.15) is 4.98 Å². The fraction of sp³-hybridized carbons (Fsp3) is 0.450. The SMILES string of the molecule is CCOc1ncc(NC(=O)C2(c3ccc(Cl)cc3)CCCC2)c(OCC)n1. The number of nitrogens with zero attached hydrogens (tertiary/aromatic N) is 2. The molecule has 0 radical (unpaired) electrons. The van der Waals surface area contributed by atoms with Gasteiger partial charge in [-0.1, -0.05) is 36.6 Å². The summed E-state index contributed by atoms with van der Waals surface area (Å²) in [5, 5.41) is 3.64. The molecule has 0 unspecified atom stereocenters. The highest BCUT2D eigenvalue weighted by Crippen LogP contribution is 2.42. The van der Waals surface area contributed by atoms with Crippen LogP contribution in [-0.2, 0) is 10.2 Å². The molecule has 0 atom stereocenters. The van der Waals surface area contributed by atoms with Crippen molar-refractivity contribution in [1.82, 2.24) is 9.97 Å². The number of carbonyl (C=O) groups excluding carboxylic acids is 1. The fourth-order valence-corrected chi connectivity index (χ4v) is 3.64. The number of hydrogen-bond donors (Lipinski definition) is 1. The molecule has 2 aromatic rings. The lowest BCUT2D eigenvalue weighted by molar-refractivity contribution is -0.121. The van der Waals surface area contributed by atoms with Gasteiger partial charge in [0.2, 0.25) is 11.8 Å². The molecular weight excluding hydrogens is 366 g/mol. The molecule has 1 amide bonds. The quantitative estimate of drug-likeness (QED) is 0.760. The van der Waals surface area contributed by atoms with Gasteiger partial charge in [-0.05, 0) is 44.4 Å². The van der Waals surface area contributed by atoms with Crippen molar-refractivity contribution in [3.63, 3.8) is 0 Å². The summed E-state index contributed by atoms with van der Waals surface area (Å²) in [7, 11) is 0. The molecule has 3 rings (SSSR count). The highest BCUT2D eigenvalue weighted by atomic mass is 35.5. The predicted molar refractivity (Wildman–Crippen MR) is 105 cm³/mol. The average molecular weight is 390 g/mol. The Morgan fingerprint density at radius 1 is 1.15 bits per heavy atom. The molecule has 0 bridgehead atoms. The molecule has 0 spiro atoms. The van der Waals surface area contributed by atoms with Crippen LogP contribution in [0.5, 0.6) is 11.9 Å². The summed E-state index contributed by atoms with van der Waals surface area (Å²) >= 11 is 6.02. The van der Waals surface area contributed by atoms with E-state index < -0.39 is 5.41 Å². The number of aromatic nitrogens is 2. The van der Waals surface area contributed by atoms with Gasteiger partial charge in [-0.15, -0.1) is 0 Å². The predicted octanol–water partition coefficient (Wildman–Crippen LogP) is 4.38. The number of halogens is 1. The van der Waals surface area contributed by atoms with Crippen LogP contribution in [0, 0.1) is 0 Å². The molecule has 6 nitrogen and oxygen atoms in total. The van der Waals surface area contributed by atoms with Gasteiger partial charge in [-0.25, -0.2) is 4.98 Å². The van der Waals surface area contributed by atoms with Gasteiger partial charge in [0.1, 0.15) is 5.69 Å². The normalized spacial score (nSPS) is 15.4. The van der Waals surface area contributed by atoms with E-state index in [1.807, 2.05) is 38.1 Å². The Hall–Kier alpha value is -2.34. The van der Waals surface area contributed by atoms with Crippen molar-refractivity contribution in [3.8, 4) is 11.9 Å². The maximum absolute atomic E-state index is 13.3. The molecule has 1 aliphatic carbocycles. The van der Waals surface area contributed by atoms with Crippen LogP contribution >= 0.6 is 11.6 Å². The summed E-state index contributed by atoms with van der Waals surface area (Å²) in [6.07, 6.45) is 5.14. The molecular formula is C20H24ClN3O3.